The fourth-order valence-electron chi connectivity index (χ4n) is 1.39. The summed E-state index contributed by atoms with van der Waals surface area (Å²) in [6, 6.07) is 0. The zero-order chi connectivity index (χ0) is 12.6. The molecule has 88 valence electrons. The Morgan fingerprint density at radius 2 is 1.82 bits per heavy atom. The van der Waals surface area contributed by atoms with E-state index < -0.39 is 11.8 Å². The molecule has 8 heteroatoms. The first-order valence-electron chi connectivity index (χ1n) is 4.53. The van der Waals surface area contributed by atoms with Crippen molar-refractivity contribution in [2.45, 2.75) is 6.92 Å². The Bertz CT molecular complexity index is 598. The fraction of sp³-hybridized carbons (Fsp3) is 0.111. The summed E-state index contributed by atoms with van der Waals surface area (Å²) in [5, 5.41) is 6.93. The van der Waals surface area contributed by atoms with Crippen LogP contribution >= 0.6 is 0 Å². The second kappa shape index (κ2) is 3.74. The molecule has 0 aliphatic rings. The average Bonchev–Trinajstić information content (AvgIpc) is 2.82. The van der Waals surface area contributed by atoms with Gasteiger partial charge in [0.2, 0.25) is 0 Å². The Labute approximate surface area is 94.5 Å². The summed E-state index contributed by atoms with van der Waals surface area (Å²) >= 11 is 0. The zero-order valence-corrected chi connectivity index (χ0v) is 8.76. The van der Waals surface area contributed by atoms with Gasteiger partial charge in [0.25, 0.3) is 11.8 Å². The van der Waals surface area contributed by atoms with E-state index >= 15 is 0 Å². The van der Waals surface area contributed by atoms with Gasteiger partial charge in [-0.15, -0.1) is 0 Å². The van der Waals surface area contributed by atoms with E-state index in [2.05, 4.69) is 14.8 Å². The minimum atomic E-state index is -0.773. The number of amides is 2. The highest BCUT2D eigenvalue weighted by atomic mass is 16.5. The highest BCUT2D eigenvalue weighted by molar-refractivity contribution is 5.98. The Balaban J connectivity index is 2.58. The molecule has 0 saturated carbocycles. The topological polar surface area (TPSA) is 138 Å². The Morgan fingerprint density at radius 1 is 1.18 bits per heavy atom. The van der Waals surface area contributed by atoms with E-state index in [4.69, 9.17) is 16.0 Å². The SMILES string of the molecule is Cc1c(C(N)=O)noc1-c1conc1C(N)=O. The minimum Gasteiger partial charge on any atom is -0.364 e. The predicted molar refractivity (Wildman–Crippen MR) is 53.8 cm³/mol. The van der Waals surface area contributed by atoms with E-state index in [9.17, 15) is 9.59 Å². The quantitative estimate of drug-likeness (QED) is 0.758. The van der Waals surface area contributed by atoms with E-state index in [1.807, 2.05) is 0 Å². The molecular weight excluding hydrogens is 228 g/mol. The molecule has 0 spiro atoms. The number of nitrogens with zero attached hydrogens (tertiary/aromatic N) is 2. The van der Waals surface area contributed by atoms with Crippen LogP contribution in [0.15, 0.2) is 15.3 Å². The summed E-state index contributed by atoms with van der Waals surface area (Å²) in [7, 11) is 0. The second-order valence-electron chi connectivity index (χ2n) is 3.29. The molecule has 2 amide bonds. The molecule has 17 heavy (non-hydrogen) atoms. The van der Waals surface area contributed by atoms with Crippen molar-refractivity contribution in [1.82, 2.24) is 10.3 Å². The molecule has 4 N–H and O–H groups in total. The molecule has 0 atom stereocenters. The number of rotatable bonds is 3. The minimum absolute atomic E-state index is 0.0170. The van der Waals surface area contributed by atoms with Crippen LogP contribution in [-0.4, -0.2) is 22.1 Å². The van der Waals surface area contributed by atoms with Crippen LogP contribution in [-0.2, 0) is 0 Å². The largest absolute Gasteiger partial charge is 0.364 e. The van der Waals surface area contributed by atoms with Crippen LogP contribution in [0.5, 0.6) is 0 Å². The third-order valence-electron chi connectivity index (χ3n) is 2.21. The summed E-state index contributed by atoms with van der Waals surface area (Å²) in [5.74, 6) is -1.33. The summed E-state index contributed by atoms with van der Waals surface area (Å²) in [6.45, 7) is 1.57. The van der Waals surface area contributed by atoms with E-state index in [0.29, 0.717) is 5.56 Å². The molecule has 0 fully saturated rings. The lowest BCUT2D eigenvalue weighted by Gasteiger charge is -1.93. The molecule has 2 aromatic rings. The Kier molecular flexibility index (Phi) is 2.39. The van der Waals surface area contributed by atoms with Crippen LogP contribution in [0.4, 0.5) is 0 Å². The monoisotopic (exact) mass is 236 g/mol. The van der Waals surface area contributed by atoms with Crippen molar-refractivity contribution in [3.8, 4) is 11.3 Å². The van der Waals surface area contributed by atoms with Crippen molar-refractivity contribution < 1.29 is 18.6 Å². The third-order valence-corrected chi connectivity index (χ3v) is 2.21. The second-order valence-corrected chi connectivity index (χ2v) is 3.29. The van der Waals surface area contributed by atoms with Crippen molar-refractivity contribution >= 4 is 11.8 Å². The fourth-order valence-corrected chi connectivity index (χ4v) is 1.39. The maximum atomic E-state index is 11.1. The van der Waals surface area contributed by atoms with Crippen molar-refractivity contribution in [2.24, 2.45) is 11.5 Å². The van der Waals surface area contributed by atoms with Gasteiger partial charge in [-0.3, -0.25) is 9.59 Å². The van der Waals surface area contributed by atoms with Gasteiger partial charge in [0.15, 0.2) is 17.1 Å². The van der Waals surface area contributed by atoms with Crippen LogP contribution in [0.2, 0.25) is 0 Å². The molecule has 0 unspecified atom stereocenters. The van der Waals surface area contributed by atoms with Crippen molar-refractivity contribution in [2.75, 3.05) is 0 Å². The van der Waals surface area contributed by atoms with Gasteiger partial charge in [-0.05, 0) is 6.92 Å². The van der Waals surface area contributed by atoms with Gasteiger partial charge < -0.3 is 20.5 Å². The molecule has 0 aliphatic carbocycles. The maximum Gasteiger partial charge on any atom is 0.271 e. The van der Waals surface area contributed by atoms with Crippen LogP contribution in [0, 0.1) is 6.92 Å². The lowest BCUT2D eigenvalue weighted by Crippen LogP contribution is -2.13. The average molecular weight is 236 g/mol. The Morgan fingerprint density at radius 3 is 2.35 bits per heavy atom. The van der Waals surface area contributed by atoms with Gasteiger partial charge in [0.05, 0.1) is 5.56 Å². The zero-order valence-electron chi connectivity index (χ0n) is 8.76. The van der Waals surface area contributed by atoms with Crippen LogP contribution in [0.25, 0.3) is 11.3 Å². The van der Waals surface area contributed by atoms with Crippen molar-refractivity contribution in [3.05, 3.63) is 23.2 Å². The highest BCUT2D eigenvalue weighted by Crippen LogP contribution is 2.27. The molecule has 2 aromatic heterocycles. The molecule has 0 radical (unpaired) electrons. The van der Waals surface area contributed by atoms with Gasteiger partial charge in [-0.2, -0.15) is 0 Å². The Hall–Kier alpha value is -2.64. The van der Waals surface area contributed by atoms with E-state index in [1.165, 1.54) is 6.26 Å². The molecule has 0 aliphatic heterocycles. The van der Waals surface area contributed by atoms with E-state index in [0.717, 1.165) is 0 Å². The smallest absolute Gasteiger partial charge is 0.271 e. The number of primary amides is 2. The highest BCUT2D eigenvalue weighted by Gasteiger charge is 2.24. The lowest BCUT2D eigenvalue weighted by atomic mass is 10.1. The van der Waals surface area contributed by atoms with Gasteiger partial charge >= 0.3 is 0 Å². The van der Waals surface area contributed by atoms with Gasteiger partial charge in [0.1, 0.15) is 6.26 Å². The number of carbonyl (C=O) groups is 2. The molecule has 0 saturated heterocycles. The summed E-state index contributed by atoms with van der Waals surface area (Å²) < 4.78 is 9.56. The molecule has 2 heterocycles. The molecule has 0 aromatic carbocycles. The summed E-state index contributed by atoms with van der Waals surface area (Å²) in [5.41, 5.74) is 10.7. The molecule has 8 nitrogen and oxygen atoms in total. The standard InChI is InChI=1S/C9H8N4O4/c1-3-5(8(10)14)13-17-7(3)4-2-16-12-6(4)9(11)15/h2H,1H3,(H2,10,14)(H2,11,15). The first-order chi connectivity index (χ1) is 8.02. The van der Waals surface area contributed by atoms with Crippen LogP contribution < -0.4 is 11.5 Å². The van der Waals surface area contributed by atoms with Crippen LogP contribution in [0.1, 0.15) is 26.5 Å². The number of carbonyl (C=O) groups excluding carboxylic acids is 2. The normalized spacial score (nSPS) is 10.4. The summed E-state index contributed by atoms with van der Waals surface area (Å²) in [4.78, 5) is 22.0. The maximum absolute atomic E-state index is 11.1. The number of aromatic nitrogens is 2. The first kappa shape index (κ1) is 10.9. The number of hydrogen-bond acceptors (Lipinski definition) is 6. The van der Waals surface area contributed by atoms with Crippen LogP contribution in [0.3, 0.4) is 0 Å². The van der Waals surface area contributed by atoms with Crippen molar-refractivity contribution in [1.29, 1.82) is 0 Å². The van der Waals surface area contributed by atoms with Gasteiger partial charge in [0, 0.05) is 5.56 Å². The van der Waals surface area contributed by atoms with Gasteiger partial charge in [-0.25, -0.2) is 0 Å². The predicted octanol–water partition coefficient (Wildman–Crippen LogP) is -0.164. The van der Waals surface area contributed by atoms with Crippen molar-refractivity contribution in [3.63, 3.8) is 0 Å². The number of hydrogen-bond donors (Lipinski definition) is 2. The van der Waals surface area contributed by atoms with E-state index in [-0.39, 0.29) is 22.7 Å². The molecule has 2 rings (SSSR count). The number of nitrogens with two attached hydrogens (primary N) is 2. The lowest BCUT2D eigenvalue weighted by molar-refractivity contribution is 0.0982. The third kappa shape index (κ3) is 1.65. The molecular formula is C9H8N4O4. The first-order valence-corrected chi connectivity index (χ1v) is 4.53. The summed E-state index contributed by atoms with van der Waals surface area (Å²) in [6.07, 6.45) is 1.18. The molecule has 0 bridgehead atoms. The van der Waals surface area contributed by atoms with Gasteiger partial charge in [-0.1, -0.05) is 10.3 Å². The van der Waals surface area contributed by atoms with E-state index in [1.54, 1.807) is 6.92 Å².